The molecule has 0 radical (unpaired) electrons. The number of amides is 1. The van der Waals surface area contributed by atoms with Gasteiger partial charge >= 0.3 is 6.09 Å². The van der Waals surface area contributed by atoms with Crippen LogP contribution < -0.4 is 5.32 Å². The first-order valence-electron chi connectivity index (χ1n) is 6.23. The van der Waals surface area contributed by atoms with Gasteiger partial charge in [0.15, 0.2) is 0 Å². The van der Waals surface area contributed by atoms with Gasteiger partial charge in [0.05, 0.1) is 0 Å². The zero-order chi connectivity index (χ0) is 13.8. The summed E-state index contributed by atoms with van der Waals surface area (Å²) in [5.41, 5.74) is -0.901. The van der Waals surface area contributed by atoms with Crippen LogP contribution in [0.5, 0.6) is 0 Å². The van der Waals surface area contributed by atoms with Gasteiger partial charge in [-0.1, -0.05) is 0 Å². The summed E-state index contributed by atoms with van der Waals surface area (Å²) in [5, 5.41) is 2.67. The van der Waals surface area contributed by atoms with Crippen LogP contribution in [0, 0.1) is 17.8 Å². The summed E-state index contributed by atoms with van der Waals surface area (Å²) in [6.07, 6.45) is 7.18. The average Bonchev–Trinajstić information content (AvgIpc) is 3.02. The molecule has 0 aromatic heterocycles. The zero-order valence-corrected chi connectivity index (χ0v) is 11.3. The number of hydrogen-bond donors (Lipinski definition) is 1. The number of terminal acetylenes is 1. The van der Waals surface area contributed by atoms with Crippen LogP contribution in [0.25, 0.3) is 0 Å². The fraction of sp³-hybridized carbons (Fsp3) is 0.714. The number of nitrogens with one attached hydrogen (secondary N) is 1. The molecule has 100 valence electrons. The number of rotatable bonds is 5. The van der Waals surface area contributed by atoms with Crippen LogP contribution in [0.15, 0.2) is 0 Å². The van der Waals surface area contributed by atoms with Crippen molar-refractivity contribution in [1.82, 2.24) is 5.32 Å². The van der Waals surface area contributed by atoms with Crippen LogP contribution in [-0.2, 0) is 9.53 Å². The summed E-state index contributed by atoms with van der Waals surface area (Å²) in [6, 6.07) is 0. The molecular weight excluding hydrogens is 230 g/mol. The molecular formula is C14H21NO3. The Morgan fingerprint density at radius 3 is 2.44 bits per heavy atom. The zero-order valence-electron chi connectivity index (χ0n) is 11.3. The molecule has 0 bridgehead atoms. The number of hydrogen-bond acceptors (Lipinski definition) is 3. The van der Waals surface area contributed by atoms with Gasteiger partial charge in [-0.15, -0.1) is 12.3 Å². The molecule has 0 spiro atoms. The Bertz CT molecular complexity index is 369. The number of carbonyl (C=O) groups excluding carboxylic acids is 2. The Labute approximate surface area is 108 Å². The SMILES string of the molecule is C#CCCC(=O)C1(CNC(=O)OC(C)(C)C)CC1. The minimum absolute atomic E-state index is 0.150. The molecule has 1 rings (SSSR count). The van der Waals surface area contributed by atoms with Gasteiger partial charge in [-0.05, 0) is 33.6 Å². The van der Waals surface area contributed by atoms with Crippen molar-refractivity contribution >= 4 is 11.9 Å². The van der Waals surface area contributed by atoms with E-state index in [0.29, 0.717) is 19.4 Å². The lowest BCUT2D eigenvalue weighted by atomic mass is 9.97. The molecule has 1 amide bonds. The van der Waals surface area contributed by atoms with E-state index in [-0.39, 0.29) is 11.2 Å². The van der Waals surface area contributed by atoms with Gasteiger partial charge < -0.3 is 10.1 Å². The van der Waals surface area contributed by atoms with Crippen molar-refractivity contribution in [2.45, 2.75) is 52.1 Å². The molecule has 0 saturated heterocycles. The summed E-state index contributed by atoms with van der Waals surface area (Å²) >= 11 is 0. The number of ketones is 1. The van der Waals surface area contributed by atoms with E-state index in [0.717, 1.165) is 12.8 Å². The largest absolute Gasteiger partial charge is 0.444 e. The molecule has 0 atom stereocenters. The second kappa shape index (κ2) is 5.43. The predicted octanol–water partition coefficient (Wildman–Crippen LogP) is 2.27. The lowest BCUT2D eigenvalue weighted by Gasteiger charge is -2.21. The van der Waals surface area contributed by atoms with E-state index in [1.165, 1.54) is 0 Å². The maximum Gasteiger partial charge on any atom is 0.407 e. The molecule has 0 heterocycles. The molecule has 1 aliphatic rings. The molecule has 0 aliphatic heterocycles. The molecule has 0 aromatic rings. The third-order valence-corrected chi connectivity index (χ3v) is 2.91. The predicted molar refractivity (Wildman–Crippen MR) is 69.0 cm³/mol. The van der Waals surface area contributed by atoms with Gasteiger partial charge in [0.2, 0.25) is 0 Å². The smallest absolute Gasteiger partial charge is 0.407 e. The normalized spacial score (nSPS) is 16.6. The lowest BCUT2D eigenvalue weighted by molar-refractivity contribution is -0.123. The van der Waals surface area contributed by atoms with Gasteiger partial charge in [0.25, 0.3) is 0 Å². The van der Waals surface area contributed by atoms with Gasteiger partial charge in [-0.3, -0.25) is 4.79 Å². The highest BCUT2D eigenvalue weighted by Gasteiger charge is 2.48. The van der Waals surface area contributed by atoms with E-state index < -0.39 is 11.7 Å². The van der Waals surface area contributed by atoms with Gasteiger partial charge in [0.1, 0.15) is 11.4 Å². The second-order valence-electron chi connectivity index (χ2n) is 5.76. The maximum atomic E-state index is 11.9. The van der Waals surface area contributed by atoms with Crippen molar-refractivity contribution in [2.24, 2.45) is 5.41 Å². The molecule has 1 saturated carbocycles. The average molecular weight is 251 g/mol. The Morgan fingerprint density at radius 1 is 1.39 bits per heavy atom. The van der Waals surface area contributed by atoms with Crippen LogP contribution in [0.1, 0.15) is 46.5 Å². The number of alkyl carbamates (subject to hydrolysis) is 1. The molecule has 4 nitrogen and oxygen atoms in total. The van der Waals surface area contributed by atoms with Gasteiger partial charge in [-0.2, -0.15) is 0 Å². The first-order valence-corrected chi connectivity index (χ1v) is 6.23. The van der Waals surface area contributed by atoms with Crippen LogP contribution in [0.2, 0.25) is 0 Å². The molecule has 18 heavy (non-hydrogen) atoms. The Hall–Kier alpha value is -1.50. The third-order valence-electron chi connectivity index (χ3n) is 2.91. The highest BCUT2D eigenvalue weighted by atomic mass is 16.6. The van der Waals surface area contributed by atoms with Crippen LogP contribution in [0.4, 0.5) is 4.79 Å². The molecule has 1 fully saturated rings. The van der Waals surface area contributed by atoms with Crippen molar-refractivity contribution in [3.63, 3.8) is 0 Å². The van der Waals surface area contributed by atoms with E-state index >= 15 is 0 Å². The minimum Gasteiger partial charge on any atom is -0.444 e. The first kappa shape index (κ1) is 14.6. The van der Waals surface area contributed by atoms with E-state index in [1.54, 1.807) is 20.8 Å². The Balaban J connectivity index is 2.37. The summed E-state index contributed by atoms with van der Waals surface area (Å²) < 4.78 is 5.13. The molecule has 4 heteroatoms. The Kier molecular flexibility index (Phi) is 4.39. The molecule has 0 unspecified atom stereocenters. The summed E-state index contributed by atoms with van der Waals surface area (Å²) in [6.45, 7) is 5.76. The highest BCUT2D eigenvalue weighted by molar-refractivity contribution is 5.88. The fourth-order valence-electron chi connectivity index (χ4n) is 1.71. The van der Waals surface area contributed by atoms with E-state index in [1.807, 2.05) is 0 Å². The highest BCUT2D eigenvalue weighted by Crippen LogP contribution is 2.46. The van der Waals surface area contributed by atoms with Gasteiger partial charge in [0, 0.05) is 24.8 Å². The molecule has 1 aliphatic carbocycles. The summed E-state index contributed by atoms with van der Waals surface area (Å²) in [5.74, 6) is 2.61. The standard InChI is InChI=1S/C14H21NO3/c1-5-6-7-11(16)14(8-9-14)10-15-12(17)18-13(2,3)4/h1H,6-10H2,2-4H3,(H,15,17). The van der Waals surface area contributed by atoms with Crippen molar-refractivity contribution in [2.75, 3.05) is 6.54 Å². The van der Waals surface area contributed by atoms with Crippen molar-refractivity contribution in [3.05, 3.63) is 0 Å². The monoisotopic (exact) mass is 251 g/mol. The number of ether oxygens (including phenoxy) is 1. The topological polar surface area (TPSA) is 55.4 Å². The van der Waals surface area contributed by atoms with Gasteiger partial charge in [-0.25, -0.2) is 4.79 Å². The maximum absolute atomic E-state index is 11.9. The van der Waals surface area contributed by atoms with Crippen LogP contribution in [0.3, 0.4) is 0 Å². The van der Waals surface area contributed by atoms with Crippen molar-refractivity contribution in [3.8, 4) is 12.3 Å². The van der Waals surface area contributed by atoms with Crippen LogP contribution >= 0.6 is 0 Å². The molecule has 0 aromatic carbocycles. The minimum atomic E-state index is -0.520. The Morgan fingerprint density at radius 2 is 2.00 bits per heavy atom. The molecule has 1 N–H and O–H groups in total. The third kappa shape index (κ3) is 4.40. The fourth-order valence-corrected chi connectivity index (χ4v) is 1.71. The van der Waals surface area contributed by atoms with E-state index in [4.69, 9.17) is 11.2 Å². The van der Waals surface area contributed by atoms with E-state index in [2.05, 4.69) is 11.2 Å². The van der Waals surface area contributed by atoms with E-state index in [9.17, 15) is 9.59 Å². The summed E-state index contributed by atoms with van der Waals surface area (Å²) in [4.78, 5) is 23.4. The van der Waals surface area contributed by atoms with Crippen molar-refractivity contribution < 1.29 is 14.3 Å². The van der Waals surface area contributed by atoms with Crippen LogP contribution in [-0.4, -0.2) is 24.0 Å². The second-order valence-corrected chi connectivity index (χ2v) is 5.76. The number of carbonyl (C=O) groups is 2. The lowest BCUT2D eigenvalue weighted by Crippen LogP contribution is -2.38. The quantitative estimate of drug-likeness (QED) is 0.763. The number of Topliss-reactive ketones (excluding diaryl/α,β-unsaturated/α-hetero) is 1. The van der Waals surface area contributed by atoms with Crippen molar-refractivity contribution in [1.29, 1.82) is 0 Å². The summed E-state index contributed by atoms with van der Waals surface area (Å²) in [7, 11) is 0. The first-order chi connectivity index (χ1) is 8.29.